The Kier molecular flexibility index (Phi) is 9.22. The molecule has 3 fully saturated rings. The maximum absolute atomic E-state index is 17.6. The van der Waals surface area contributed by atoms with Crippen LogP contribution in [0.3, 0.4) is 0 Å². The second-order valence-electron chi connectivity index (χ2n) is 16.2. The van der Waals surface area contributed by atoms with Crippen LogP contribution in [0.15, 0.2) is 48.9 Å². The van der Waals surface area contributed by atoms with E-state index in [9.17, 15) is 9.59 Å². The van der Waals surface area contributed by atoms with Gasteiger partial charge in [0.25, 0.3) is 0 Å². The largest absolute Gasteiger partial charge is 0.461 e. The molecular weight excluding hydrogens is 714 g/mol. The minimum atomic E-state index is -0.626. The Hall–Kier alpha value is -5.43. The number of benzene rings is 2. The average Bonchev–Trinajstić information content (AvgIpc) is 3.76. The smallest absolute Gasteiger partial charge is 0.407 e. The van der Waals surface area contributed by atoms with E-state index in [2.05, 4.69) is 20.1 Å². The van der Waals surface area contributed by atoms with E-state index in [4.69, 9.17) is 29.2 Å². The molecule has 8 heterocycles. The quantitative estimate of drug-likeness (QED) is 0.144. The molecule has 0 saturated carbocycles. The molecule has 13 heteroatoms. The van der Waals surface area contributed by atoms with E-state index < -0.39 is 23.4 Å². The Morgan fingerprint density at radius 2 is 1.79 bits per heavy atom. The van der Waals surface area contributed by atoms with Crippen molar-refractivity contribution in [3.63, 3.8) is 0 Å². The Morgan fingerprint density at radius 3 is 2.59 bits per heavy atom. The number of aryl methyl sites for hydroxylation is 3. The van der Waals surface area contributed by atoms with Gasteiger partial charge in [0.2, 0.25) is 0 Å². The van der Waals surface area contributed by atoms with Crippen molar-refractivity contribution in [3.8, 4) is 23.0 Å². The number of carbonyl (C=O) groups excluding carboxylic acids is 2. The van der Waals surface area contributed by atoms with Crippen LogP contribution in [0, 0.1) is 19.7 Å². The standard InChI is InChI=1S/C43H46FN7O5/c1-26-21-45-22-27(2)33(26)39(52)56-30-19-29-10-4-9-28-11-5-18-54-41(53)49-42(3)12-6-15-50(24-42)38-32-23-46-36(31(20-30)34(28)29)35(44)37(32)47-40(48-38)55-25-43-13-7-16-51(43)17-8-14-43/h4,9-10,19-23H,5-8,11-18,24-25H2,1-3H3,(H,49,53). The summed E-state index contributed by atoms with van der Waals surface area (Å²) in [4.78, 5) is 50.1. The zero-order valence-corrected chi connectivity index (χ0v) is 32.1. The van der Waals surface area contributed by atoms with E-state index in [0.717, 1.165) is 68.0 Å². The summed E-state index contributed by atoms with van der Waals surface area (Å²) in [7, 11) is 0. The Bertz CT molecular complexity index is 2360. The zero-order valence-electron chi connectivity index (χ0n) is 32.1. The van der Waals surface area contributed by atoms with Gasteiger partial charge < -0.3 is 24.4 Å². The number of pyridine rings is 2. The van der Waals surface area contributed by atoms with Gasteiger partial charge in [-0.2, -0.15) is 9.97 Å². The number of alkyl carbamates (subject to hydrolysis) is 1. The van der Waals surface area contributed by atoms with Crippen LogP contribution in [-0.4, -0.2) is 87.4 Å². The first-order valence-electron chi connectivity index (χ1n) is 19.7. The van der Waals surface area contributed by atoms with Crippen LogP contribution in [0.4, 0.5) is 15.0 Å². The lowest BCUT2D eigenvalue weighted by Gasteiger charge is -2.41. The van der Waals surface area contributed by atoms with Crippen molar-refractivity contribution in [1.29, 1.82) is 0 Å². The van der Waals surface area contributed by atoms with E-state index in [1.54, 1.807) is 30.7 Å². The molecule has 5 aromatic rings. The topological polar surface area (TPSA) is 132 Å². The van der Waals surface area contributed by atoms with Gasteiger partial charge in [0.15, 0.2) is 5.82 Å². The number of fused-ring (bicyclic) bond motifs is 7. The van der Waals surface area contributed by atoms with Gasteiger partial charge in [0.05, 0.1) is 28.6 Å². The maximum atomic E-state index is 17.6. The fourth-order valence-corrected chi connectivity index (χ4v) is 9.52. The number of amides is 1. The van der Waals surface area contributed by atoms with Gasteiger partial charge in [-0.05, 0) is 125 Å². The molecule has 2 aromatic carbocycles. The number of rotatable bonds is 5. The highest BCUT2D eigenvalue weighted by atomic mass is 19.1. The first kappa shape index (κ1) is 36.2. The van der Waals surface area contributed by atoms with Crippen LogP contribution in [0.1, 0.15) is 78.9 Å². The number of anilines is 1. The minimum Gasteiger partial charge on any atom is -0.461 e. The molecule has 290 valence electrons. The van der Waals surface area contributed by atoms with Crippen molar-refractivity contribution in [2.75, 3.05) is 44.3 Å². The van der Waals surface area contributed by atoms with Gasteiger partial charge in [0, 0.05) is 37.2 Å². The number of hydrogen-bond acceptors (Lipinski definition) is 11. The molecule has 3 saturated heterocycles. The second kappa shape index (κ2) is 14.3. The van der Waals surface area contributed by atoms with E-state index in [1.165, 1.54) is 0 Å². The van der Waals surface area contributed by atoms with Crippen LogP contribution < -0.4 is 19.7 Å². The molecule has 1 atom stereocenters. The molecule has 0 spiro atoms. The number of halogens is 1. The third kappa shape index (κ3) is 6.55. The predicted molar refractivity (Wildman–Crippen MR) is 210 cm³/mol. The molecule has 10 rings (SSSR count). The number of piperidine rings is 1. The van der Waals surface area contributed by atoms with Crippen LogP contribution in [0.25, 0.3) is 32.9 Å². The highest BCUT2D eigenvalue weighted by molar-refractivity contribution is 6.02. The lowest BCUT2D eigenvalue weighted by atomic mass is 9.91. The molecule has 3 aromatic heterocycles. The molecule has 6 bridgehead atoms. The van der Waals surface area contributed by atoms with Gasteiger partial charge in [0.1, 0.15) is 29.4 Å². The van der Waals surface area contributed by atoms with Crippen LogP contribution >= 0.6 is 0 Å². The summed E-state index contributed by atoms with van der Waals surface area (Å²) in [5.74, 6) is -0.420. The summed E-state index contributed by atoms with van der Waals surface area (Å²) in [5.41, 5.74) is 2.63. The highest BCUT2D eigenvalue weighted by Crippen LogP contribution is 2.42. The van der Waals surface area contributed by atoms with E-state index in [-0.39, 0.29) is 35.1 Å². The van der Waals surface area contributed by atoms with Crippen molar-refractivity contribution >= 4 is 39.6 Å². The third-order valence-corrected chi connectivity index (χ3v) is 12.2. The third-order valence-electron chi connectivity index (χ3n) is 12.2. The Balaban J connectivity index is 1.21. The minimum absolute atomic E-state index is 0.0666. The number of esters is 1. The van der Waals surface area contributed by atoms with Crippen molar-refractivity contribution in [2.45, 2.75) is 83.2 Å². The van der Waals surface area contributed by atoms with E-state index in [1.807, 2.05) is 39.0 Å². The first-order valence-corrected chi connectivity index (χ1v) is 19.7. The zero-order chi connectivity index (χ0) is 38.6. The summed E-state index contributed by atoms with van der Waals surface area (Å²) in [6, 6.07) is 9.36. The number of nitrogens with zero attached hydrogens (tertiary/aromatic N) is 6. The van der Waals surface area contributed by atoms with Crippen molar-refractivity contribution in [3.05, 3.63) is 77.0 Å². The predicted octanol–water partition coefficient (Wildman–Crippen LogP) is 7.25. The Labute approximate surface area is 324 Å². The van der Waals surface area contributed by atoms with Crippen LogP contribution in [0.5, 0.6) is 11.8 Å². The van der Waals surface area contributed by atoms with Crippen molar-refractivity contribution < 1.29 is 28.2 Å². The van der Waals surface area contributed by atoms with E-state index in [0.29, 0.717) is 66.0 Å². The summed E-state index contributed by atoms with van der Waals surface area (Å²) in [6.07, 6.45) is 11.3. The molecule has 56 heavy (non-hydrogen) atoms. The van der Waals surface area contributed by atoms with Gasteiger partial charge in [-0.25, -0.2) is 14.0 Å². The van der Waals surface area contributed by atoms with Crippen molar-refractivity contribution in [1.82, 2.24) is 30.2 Å². The molecule has 0 aliphatic carbocycles. The normalized spacial score (nSPS) is 20.9. The van der Waals surface area contributed by atoms with Gasteiger partial charge >= 0.3 is 18.1 Å². The van der Waals surface area contributed by atoms with Gasteiger partial charge in [-0.1, -0.05) is 18.2 Å². The Morgan fingerprint density at radius 1 is 1.00 bits per heavy atom. The molecule has 0 radical (unpaired) electrons. The lowest BCUT2D eigenvalue weighted by Crippen LogP contribution is -2.57. The summed E-state index contributed by atoms with van der Waals surface area (Å²) >= 11 is 0. The number of nitrogens with one attached hydrogen (secondary N) is 1. The SMILES string of the molecule is Cc1cncc(C)c1C(=O)Oc1cc2c3c(cccc3c1)CCCOC(=O)NC1(C)CCCN(C1)c1nc(OCC34CCCN3CCC4)nc3c(F)c-2ncc13. The van der Waals surface area contributed by atoms with E-state index >= 15 is 4.39 Å². The number of hydrogen-bond donors (Lipinski definition) is 1. The fourth-order valence-electron chi connectivity index (χ4n) is 9.52. The summed E-state index contributed by atoms with van der Waals surface area (Å²) in [6.45, 7) is 9.39. The first-order chi connectivity index (χ1) is 27.1. The number of aromatic nitrogens is 4. The lowest BCUT2D eigenvalue weighted by molar-refractivity contribution is 0.0733. The number of carbonyl (C=O) groups is 2. The fraction of sp³-hybridized carbons (Fsp3) is 0.442. The van der Waals surface area contributed by atoms with Crippen molar-refractivity contribution in [2.24, 2.45) is 0 Å². The molecule has 5 aliphatic heterocycles. The molecule has 1 amide bonds. The monoisotopic (exact) mass is 759 g/mol. The van der Waals surface area contributed by atoms with Gasteiger partial charge in [-0.3, -0.25) is 14.9 Å². The number of ether oxygens (including phenoxy) is 3. The van der Waals surface area contributed by atoms with Crippen LogP contribution in [0.2, 0.25) is 0 Å². The molecule has 1 unspecified atom stereocenters. The van der Waals surface area contributed by atoms with Gasteiger partial charge in [-0.15, -0.1) is 0 Å². The highest BCUT2D eigenvalue weighted by Gasteiger charge is 2.45. The average molecular weight is 760 g/mol. The summed E-state index contributed by atoms with van der Waals surface area (Å²) in [5, 5.41) is 5.04. The molecule has 12 nitrogen and oxygen atoms in total. The summed E-state index contributed by atoms with van der Waals surface area (Å²) < 4.78 is 35.8. The molecule has 5 aliphatic rings. The molecule has 1 N–H and O–H groups in total. The molecular formula is C43H46FN7O5. The van der Waals surface area contributed by atoms with Crippen LogP contribution in [-0.2, 0) is 11.2 Å². The maximum Gasteiger partial charge on any atom is 0.407 e. The second-order valence-corrected chi connectivity index (χ2v) is 16.2.